The van der Waals surface area contributed by atoms with Crippen LogP contribution in [0.3, 0.4) is 0 Å². The molecule has 0 heterocycles. The van der Waals surface area contributed by atoms with Gasteiger partial charge >= 0.3 is 53.7 Å². The van der Waals surface area contributed by atoms with Crippen LogP contribution in [0.5, 0.6) is 0 Å². The van der Waals surface area contributed by atoms with Crippen molar-refractivity contribution in [3.63, 3.8) is 0 Å². The largest absolute Gasteiger partial charge is 1.00 e. The first-order valence-electron chi connectivity index (χ1n) is 7.71. The summed E-state index contributed by atoms with van der Waals surface area (Å²) in [5, 5.41) is 5.32. The van der Waals surface area contributed by atoms with Gasteiger partial charge in [0.2, 0.25) is 0 Å². The molecule has 0 atom stereocenters. The van der Waals surface area contributed by atoms with E-state index in [2.05, 4.69) is 84.9 Å². The molecule has 0 N–H and O–H groups in total. The molecule has 0 aliphatic carbocycles. The second kappa shape index (κ2) is 12.3. The molecule has 27 heavy (non-hydrogen) atoms. The van der Waals surface area contributed by atoms with Crippen LogP contribution < -0.4 is 24.8 Å². The maximum absolute atomic E-state index is 11.2. The molecule has 0 radical (unpaired) electrons. The van der Waals surface area contributed by atoms with Gasteiger partial charge in [-0.2, -0.15) is 35.0 Å². The summed E-state index contributed by atoms with van der Waals surface area (Å²) in [6.07, 6.45) is -4.04. The van der Waals surface area contributed by atoms with Crippen molar-refractivity contribution in [2.24, 2.45) is 0 Å². The average molecular weight is 488 g/mol. The Hall–Kier alpha value is -1.22. The molecule has 4 rings (SSSR count). The Bertz CT molecular complexity index is 813. The van der Waals surface area contributed by atoms with Gasteiger partial charge in [0.1, 0.15) is 0 Å². The SMILES string of the molecule is C[C](=[Zr+2])C(F)(F)F.[Cl-].[Cl-].c1ccc2[cH-]ccc2c1.c1ccc2[cH-]ccc2c1. The number of fused-ring (bicyclic) bond motifs is 2. The molecule has 0 nitrogen and oxygen atoms in total. The van der Waals surface area contributed by atoms with E-state index in [0.29, 0.717) is 24.2 Å². The van der Waals surface area contributed by atoms with Crippen LogP contribution in [0.2, 0.25) is 0 Å². The topological polar surface area (TPSA) is 0 Å². The summed E-state index contributed by atoms with van der Waals surface area (Å²) in [5.41, 5.74) is 0. The van der Waals surface area contributed by atoms with Crippen molar-refractivity contribution in [2.75, 3.05) is 0 Å². The maximum atomic E-state index is 11.2. The van der Waals surface area contributed by atoms with Crippen molar-refractivity contribution in [3.8, 4) is 0 Å². The molecule has 0 saturated heterocycles. The average Bonchev–Trinajstić information content (AvgIpc) is 3.24. The fourth-order valence-corrected chi connectivity index (χ4v) is 2.14. The van der Waals surface area contributed by atoms with Crippen molar-refractivity contribution in [1.82, 2.24) is 0 Å². The molecule has 0 saturated carbocycles. The third-order valence-corrected chi connectivity index (χ3v) is 4.22. The summed E-state index contributed by atoms with van der Waals surface area (Å²) in [7, 11) is 0. The minimum Gasteiger partial charge on any atom is -1.00 e. The summed E-state index contributed by atoms with van der Waals surface area (Å²) in [4.78, 5) is 0. The molecular formula is C21H17Cl2F3Zr-2. The second-order valence-electron chi connectivity index (χ2n) is 5.43. The molecule has 0 amide bonds. The first-order valence-corrected chi connectivity index (χ1v) is 8.94. The number of alkyl halides is 3. The standard InChI is InChI=1S/2C9H7.C3H3F3.2ClH.Zr/c2*1-2-5-9-7-3-6-8(9)4-1;1-2-3(4,5)6;;;/h2*1-7H;1H3;2*1H;/q2*-1;;;;+2/p-2. The summed E-state index contributed by atoms with van der Waals surface area (Å²) >= 11 is 0.444. The van der Waals surface area contributed by atoms with E-state index in [4.69, 9.17) is 0 Å². The number of rotatable bonds is 0. The van der Waals surface area contributed by atoms with Crippen molar-refractivity contribution in [3.05, 3.63) is 84.9 Å². The van der Waals surface area contributed by atoms with Gasteiger partial charge in [0.05, 0.1) is 0 Å². The zero-order valence-electron chi connectivity index (χ0n) is 14.5. The number of halogens is 5. The molecule has 4 aromatic carbocycles. The predicted molar refractivity (Wildman–Crippen MR) is 95.8 cm³/mol. The van der Waals surface area contributed by atoms with Gasteiger partial charge in [-0.3, -0.25) is 0 Å². The Morgan fingerprint density at radius 3 is 1.37 bits per heavy atom. The van der Waals surface area contributed by atoms with Crippen LogP contribution in [0, 0.1) is 0 Å². The van der Waals surface area contributed by atoms with Gasteiger partial charge in [-0.25, -0.2) is 0 Å². The van der Waals surface area contributed by atoms with E-state index in [1.54, 1.807) is 0 Å². The number of hydrogen-bond donors (Lipinski definition) is 0. The van der Waals surface area contributed by atoms with E-state index in [1.807, 2.05) is 0 Å². The van der Waals surface area contributed by atoms with Crippen molar-refractivity contribution in [2.45, 2.75) is 13.1 Å². The Labute approximate surface area is 184 Å². The van der Waals surface area contributed by atoms with Crippen molar-refractivity contribution in [1.29, 1.82) is 0 Å². The fourth-order valence-electron chi connectivity index (χ4n) is 2.14. The molecule has 0 spiro atoms. The number of benzene rings is 2. The normalized spacial score (nSPS) is 9.85. The van der Waals surface area contributed by atoms with Crippen LogP contribution in [-0.2, 0) is 24.2 Å². The van der Waals surface area contributed by atoms with E-state index in [-0.39, 0.29) is 24.8 Å². The molecule has 0 aromatic heterocycles. The van der Waals surface area contributed by atoms with Gasteiger partial charge in [-0.15, -0.1) is 59.3 Å². The van der Waals surface area contributed by atoms with Gasteiger partial charge in [0.15, 0.2) is 0 Å². The van der Waals surface area contributed by atoms with Crippen LogP contribution in [0.25, 0.3) is 21.5 Å². The molecule has 0 unspecified atom stereocenters. The molecule has 0 bridgehead atoms. The third kappa shape index (κ3) is 8.55. The first kappa shape index (κ1) is 25.8. The van der Waals surface area contributed by atoms with Crippen LogP contribution >= 0.6 is 0 Å². The maximum Gasteiger partial charge on any atom is -0.0809 e. The van der Waals surface area contributed by atoms with Gasteiger partial charge in [0.25, 0.3) is 0 Å². The van der Waals surface area contributed by atoms with E-state index < -0.39 is 9.38 Å². The monoisotopic (exact) mass is 486 g/mol. The zero-order valence-corrected chi connectivity index (χ0v) is 18.4. The summed E-state index contributed by atoms with van der Waals surface area (Å²) in [6.45, 7) is 1.08. The Morgan fingerprint density at radius 2 is 1.07 bits per heavy atom. The van der Waals surface area contributed by atoms with Gasteiger partial charge in [-0.1, -0.05) is 12.1 Å². The van der Waals surface area contributed by atoms with Crippen LogP contribution in [0.4, 0.5) is 13.2 Å². The first-order chi connectivity index (χ1) is 11.9. The van der Waals surface area contributed by atoms with E-state index >= 15 is 0 Å². The quantitative estimate of drug-likeness (QED) is 0.315. The molecule has 4 aromatic rings. The fraction of sp³-hybridized carbons (Fsp3) is 0.0952. The van der Waals surface area contributed by atoms with Gasteiger partial charge < -0.3 is 24.8 Å². The van der Waals surface area contributed by atoms with Gasteiger partial charge in [0, 0.05) is 0 Å². The van der Waals surface area contributed by atoms with Crippen LogP contribution in [0.15, 0.2) is 84.9 Å². The van der Waals surface area contributed by atoms with E-state index in [1.165, 1.54) is 21.5 Å². The molecule has 142 valence electrons. The molecule has 0 aliphatic heterocycles. The molecular weight excluding hydrogens is 471 g/mol. The summed E-state index contributed by atoms with van der Waals surface area (Å²) < 4.78 is 33.1. The van der Waals surface area contributed by atoms with Crippen LogP contribution in [0.1, 0.15) is 6.92 Å². The predicted octanol–water partition coefficient (Wildman–Crippen LogP) is 0.413. The van der Waals surface area contributed by atoms with E-state index in [9.17, 15) is 13.2 Å². The molecule has 0 aliphatic rings. The Morgan fingerprint density at radius 1 is 0.741 bits per heavy atom. The zero-order chi connectivity index (χ0) is 18.3. The molecule has 0 fully saturated rings. The minimum atomic E-state index is -4.04. The van der Waals surface area contributed by atoms with E-state index in [0.717, 1.165) is 6.92 Å². The van der Waals surface area contributed by atoms with Crippen molar-refractivity contribution >= 4 is 24.8 Å². The summed E-state index contributed by atoms with van der Waals surface area (Å²) in [6, 6.07) is 29.3. The smallest absolute Gasteiger partial charge is 0.0809 e. The second-order valence-corrected chi connectivity index (χ2v) is 7.28. The minimum absolute atomic E-state index is 0. The summed E-state index contributed by atoms with van der Waals surface area (Å²) in [5.74, 6) is 0. The third-order valence-electron chi connectivity index (χ3n) is 3.52. The van der Waals surface area contributed by atoms with Crippen LogP contribution in [-0.4, -0.2) is 9.38 Å². The number of hydrogen-bond acceptors (Lipinski definition) is 0. The van der Waals surface area contributed by atoms with Gasteiger partial charge in [-0.05, 0) is 0 Å². The van der Waals surface area contributed by atoms with Crippen molar-refractivity contribution < 1.29 is 62.2 Å². The Kier molecular flexibility index (Phi) is 11.7. The molecule has 6 heteroatoms. The Balaban J connectivity index is 0.000000367.